The lowest BCUT2D eigenvalue weighted by molar-refractivity contribution is -0.141. The number of aliphatic hydroxyl groups excluding tert-OH is 3. The number of rotatable bonds is 15. The lowest BCUT2D eigenvalue weighted by Gasteiger charge is -2.30. The summed E-state index contributed by atoms with van der Waals surface area (Å²) in [6.07, 6.45) is -17.7. The van der Waals surface area contributed by atoms with E-state index >= 15 is 0 Å². The zero-order valence-corrected chi connectivity index (χ0v) is 56.5. The van der Waals surface area contributed by atoms with Crippen LogP contribution in [0.2, 0.25) is 20.1 Å². The number of phosphoric ester groups is 3. The number of ether oxygens (including phenoxy) is 3. The number of halogens is 12. The Morgan fingerprint density at radius 1 is 0.515 bits per heavy atom. The van der Waals surface area contributed by atoms with E-state index in [-0.39, 0.29) is 59.7 Å². The Kier molecular flexibility index (Phi) is 23.6. The number of hydrogen-bond donors (Lipinski definition) is 4. The van der Waals surface area contributed by atoms with Gasteiger partial charge in [-0.1, -0.05) is 46.4 Å². The molecule has 3 aromatic carbocycles. The molecule has 0 radical (unpaired) electrons. The van der Waals surface area contributed by atoms with Crippen LogP contribution in [0.4, 0.5) is 40.9 Å². The minimum Gasteiger partial charge on any atom is -0.384 e. The van der Waals surface area contributed by atoms with E-state index in [0.717, 1.165) is 42.9 Å². The summed E-state index contributed by atoms with van der Waals surface area (Å²) in [5, 5.41) is 31.4. The molecule has 43 heteroatoms. The molecule has 6 aliphatic heterocycles. The van der Waals surface area contributed by atoms with E-state index in [9.17, 15) is 78.5 Å². The average Bonchev–Trinajstić information content (AvgIpc) is 1.62. The van der Waals surface area contributed by atoms with Crippen LogP contribution < -0.4 is 22.8 Å². The molecule has 28 nitrogen and oxygen atoms in total. The monoisotopic (exact) mass is 1550 g/mol. The first-order chi connectivity index (χ1) is 46.5. The Morgan fingerprint density at radius 3 is 1.25 bits per heavy atom. The summed E-state index contributed by atoms with van der Waals surface area (Å²) >= 11 is 24.1. The number of aromatic nitrogens is 6. The first-order valence-corrected chi connectivity index (χ1v) is 35.1. The van der Waals surface area contributed by atoms with E-state index in [2.05, 4.69) is 15.0 Å². The Hall–Kier alpha value is -5.21. The number of phosphoric acid groups is 3. The maximum absolute atomic E-state index is 14.7. The van der Waals surface area contributed by atoms with Gasteiger partial charge in [0, 0.05) is 86.0 Å². The highest BCUT2D eigenvalue weighted by molar-refractivity contribution is 7.49. The molecule has 6 fully saturated rings. The van der Waals surface area contributed by atoms with E-state index in [1.807, 2.05) is 0 Å². The summed E-state index contributed by atoms with van der Waals surface area (Å²) in [6, 6.07) is 15.8. The van der Waals surface area contributed by atoms with Crippen LogP contribution in [0.25, 0.3) is 0 Å². The SMILES string of the molecule is Cc1ccn([C@@H]2O[C@H](CO[P@]3(=O)OCC[C@H](c4cc(Cl)ccc4Cl)O3)[C@@H](O)C2(F)F)c(=O)n1.Cc1ccn([C@@H]2O[C@H](CO[P@]3(=O)OCC[C@H](c4cc(Cl)ccc4F)O3)[C@@H](O)C2(F)F)c(=O)n1.Nc1ccn([C@@H]2O[C@H](CO[P@]3(=O)OCC[C@H](c4cc(F)ccc4Cl)O3)[C@@H](O)C2(F)F)c(=O)n1. The summed E-state index contributed by atoms with van der Waals surface area (Å²) in [5.41, 5.74) is 3.62. The molecule has 6 saturated heterocycles. The molecule has 99 heavy (non-hydrogen) atoms. The number of nitrogens with two attached hydrogens (primary N) is 1. The van der Waals surface area contributed by atoms with Gasteiger partial charge in [0.05, 0.1) is 58.0 Å². The highest BCUT2D eigenvalue weighted by Crippen LogP contribution is 2.61. The van der Waals surface area contributed by atoms with Crippen molar-refractivity contribution in [1.82, 2.24) is 28.7 Å². The minimum absolute atomic E-state index is 0.0257. The van der Waals surface area contributed by atoms with Crippen molar-refractivity contribution in [1.29, 1.82) is 0 Å². The molecule has 9 heterocycles. The molecule has 0 bridgehead atoms. The van der Waals surface area contributed by atoms with Crippen LogP contribution in [-0.2, 0) is 68.6 Å². The molecular formula is C56H56Cl4F8N7O21P3. The maximum atomic E-state index is 14.7. The molecule has 0 aliphatic carbocycles. The highest BCUT2D eigenvalue weighted by Gasteiger charge is 2.63. The number of aliphatic hydroxyl groups is 3. The van der Waals surface area contributed by atoms with Gasteiger partial charge in [0.15, 0.2) is 18.3 Å². The van der Waals surface area contributed by atoms with Crippen LogP contribution in [0.1, 0.15) is 84.3 Å². The lowest BCUT2D eigenvalue weighted by atomic mass is 10.1. The zero-order valence-electron chi connectivity index (χ0n) is 50.8. The van der Waals surface area contributed by atoms with E-state index in [1.165, 1.54) is 44.2 Å². The fourth-order valence-corrected chi connectivity index (χ4v) is 15.4. The molecule has 12 rings (SSSR count). The second-order valence-corrected chi connectivity index (χ2v) is 28.9. The quantitative estimate of drug-likeness (QED) is 0.0548. The van der Waals surface area contributed by atoms with Gasteiger partial charge < -0.3 is 35.3 Å². The number of alkyl halides is 6. The lowest BCUT2D eigenvalue weighted by Crippen LogP contribution is -2.42. The Bertz CT molecular complexity index is 3880. The van der Waals surface area contributed by atoms with E-state index in [4.69, 9.17) is 107 Å². The molecule has 5 N–H and O–H groups in total. The number of nitrogen functional groups attached to an aromatic ring is 1. The molecule has 6 aliphatic rings. The number of aryl methyl sites for hydroxylation is 2. The van der Waals surface area contributed by atoms with Crippen molar-refractivity contribution in [3.8, 4) is 0 Å². The van der Waals surface area contributed by atoms with E-state index in [0.29, 0.717) is 47.1 Å². The van der Waals surface area contributed by atoms with Crippen LogP contribution in [0.5, 0.6) is 0 Å². The fraction of sp³-hybridized carbons (Fsp3) is 0.464. The van der Waals surface area contributed by atoms with Gasteiger partial charge in [0.2, 0.25) is 18.7 Å². The second-order valence-electron chi connectivity index (χ2n) is 22.4. The number of benzene rings is 3. The fourth-order valence-electron chi connectivity index (χ4n) is 10.4. The minimum atomic E-state index is -4.33. The second kappa shape index (κ2) is 30.6. The molecule has 0 amide bonds. The highest BCUT2D eigenvalue weighted by atomic mass is 35.5. The van der Waals surface area contributed by atoms with Gasteiger partial charge in [0.1, 0.15) is 35.8 Å². The van der Waals surface area contributed by atoms with Crippen LogP contribution in [0.3, 0.4) is 0 Å². The van der Waals surface area contributed by atoms with Crippen molar-refractivity contribution in [2.45, 2.75) is 124 Å². The van der Waals surface area contributed by atoms with Crippen LogP contribution in [-0.4, -0.2) is 138 Å². The van der Waals surface area contributed by atoms with E-state index in [1.54, 1.807) is 18.2 Å². The largest absolute Gasteiger partial charge is 0.475 e. The van der Waals surface area contributed by atoms with Gasteiger partial charge >= 0.3 is 58.3 Å². The van der Waals surface area contributed by atoms with Crippen molar-refractivity contribution >= 4 is 75.7 Å². The number of hydrogen-bond acceptors (Lipinski definition) is 25. The molecule has 15 atom stereocenters. The molecular weight excluding hydrogens is 1490 g/mol. The van der Waals surface area contributed by atoms with Gasteiger partial charge in [0.25, 0.3) is 0 Å². The number of anilines is 1. The first-order valence-electron chi connectivity index (χ1n) is 29.2. The predicted molar refractivity (Wildman–Crippen MR) is 327 cm³/mol. The molecule has 0 unspecified atom stereocenters. The predicted octanol–water partition coefficient (Wildman–Crippen LogP) is 10.4. The summed E-state index contributed by atoms with van der Waals surface area (Å²) in [5.74, 6) is -13.1. The standard InChI is InChI=1S/C19H19Cl2F2N2O7P.C19H19ClF3N2O7P.C18H18ClF3N3O7P/c2*1-10-4-6-25(18(27)24-10)17-19(22,23)16(26)15(31-17)9-30-33(28)29-7-5-14(32-33)12-8-11(20)2-3-13(12)21;19-11-2-1-9(20)7-10(11)12-4-6-29-33(28,32-12)30-8-13-15(26)18(21,22)16(31-13)25-5-3-14(23)24-17(25)27/h2*2-4,6,8,14-17,26H,5,7,9H2,1H3;1-3,5,7,12-13,15-16,26H,4,6,8H2,(H2,23,24,27)/t2*14-,15-,16-,17-,33+;12-,13-,15-,16-,33+/m111/s1. The average molecular weight is 1550 g/mol. The van der Waals surface area contributed by atoms with Crippen molar-refractivity contribution in [2.75, 3.05) is 45.4 Å². The van der Waals surface area contributed by atoms with Crippen LogP contribution >= 0.6 is 69.9 Å². The van der Waals surface area contributed by atoms with Gasteiger partial charge in [-0.05, 0) is 86.6 Å². The summed E-state index contributed by atoms with van der Waals surface area (Å²) in [7, 11) is -12.9. The molecule has 3 aromatic heterocycles. The van der Waals surface area contributed by atoms with Crippen molar-refractivity contribution < 1.29 is 119 Å². The van der Waals surface area contributed by atoms with E-state index < -0.39 is 163 Å². The normalized spacial score (nSPS) is 31.6. The van der Waals surface area contributed by atoms with Gasteiger partial charge in [-0.3, -0.25) is 54.4 Å². The third-order valence-electron chi connectivity index (χ3n) is 15.4. The number of nitrogens with zero attached hydrogens (tertiary/aromatic N) is 6. The van der Waals surface area contributed by atoms with Crippen molar-refractivity contribution in [3.63, 3.8) is 0 Å². The van der Waals surface area contributed by atoms with Crippen molar-refractivity contribution in [2.24, 2.45) is 0 Å². The van der Waals surface area contributed by atoms with Crippen molar-refractivity contribution in [3.05, 3.63) is 183 Å². The first kappa shape index (κ1) is 76.4. The zero-order chi connectivity index (χ0) is 71.9. The summed E-state index contributed by atoms with van der Waals surface area (Å²) < 4.78 is 218. The molecule has 0 spiro atoms. The molecule has 6 aromatic rings. The molecule has 540 valence electrons. The maximum Gasteiger partial charge on any atom is 0.475 e. The third kappa shape index (κ3) is 17.2. The Morgan fingerprint density at radius 2 is 0.859 bits per heavy atom. The topological polar surface area (TPSA) is 353 Å². The van der Waals surface area contributed by atoms with Gasteiger partial charge in [-0.2, -0.15) is 41.3 Å². The van der Waals surface area contributed by atoms with Crippen LogP contribution in [0.15, 0.2) is 106 Å². The summed E-state index contributed by atoms with van der Waals surface area (Å²) in [6.45, 7) is 0.357. The van der Waals surface area contributed by atoms with Gasteiger partial charge in [-0.15, -0.1) is 0 Å². The van der Waals surface area contributed by atoms with Gasteiger partial charge in [-0.25, -0.2) is 36.9 Å². The molecule has 0 saturated carbocycles. The Balaban J connectivity index is 0.000000161. The summed E-state index contributed by atoms with van der Waals surface area (Å²) in [4.78, 5) is 46.5. The smallest absolute Gasteiger partial charge is 0.384 e. The Labute approximate surface area is 573 Å². The van der Waals surface area contributed by atoms with Crippen LogP contribution in [0, 0.1) is 25.5 Å². The third-order valence-corrected chi connectivity index (χ3v) is 21.0.